The SMILES string of the molecule is CC/C=C(\C)C(C)C.P. The Morgan fingerprint density at radius 3 is 2.00 bits per heavy atom. The highest BCUT2D eigenvalue weighted by atomic mass is 31.0. The molecule has 0 aromatic carbocycles. The van der Waals surface area contributed by atoms with Crippen LogP contribution in [-0.2, 0) is 0 Å². The molecule has 0 aliphatic heterocycles. The summed E-state index contributed by atoms with van der Waals surface area (Å²) >= 11 is 0. The minimum absolute atomic E-state index is 0. The molecular formula is C8H19P. The van der Waals surface area contributed by atoms with Gasteiger partial charge >= 0.3 is 0 Å². The second-order valence-corrected chi connectivity index (χ2v) is 2.51. The maximum absolute atomic E-state index is 2.28. The van der Waals surface area contributed by atoms with E-state index in [4.69, 9.17) is 0 Å². The Kier molecular flexibility index (Phi) is 8.32. The van der Waals surface area contributed by atoms with E-state index in [2.05, 4.69) is 33.8 Å². The molecule has 0 bridgehead atoms. The topological polar surface area (TPSA) is 0 Å². The smallest absolute Gasteiger partial charge is 0.0263 e. The van der Waals surface area contributed by atoms with Gasteiger partial charge in [-0.15, -0.1) is 0 Å². The minimum Gasteiger partial charge on any atom is -0.153 e. The van der Waals surface area contributed by atoms with Gasteiger partial charge in [0, 0.05) is 0 Å². The van der Waals surface area contributed by atoms with Gasteiger partial charge in [0.05, 0.1) is 0 Å². The highest BCUT2D eigenvalue weighted by Gasteiger charge is 1.91. The van der Waals surface area contributed by atoms with Gasteiger partial charge in [-0.05, 0) is 19.3 Å². The molecule has 0 aliphatic carbocycles. The van der Waals surface area contributed by atoms with Crippen LogP contribution in [0.15, 0.2) is 11.6 Å². The van der Waals surface area contributed by atoms with E-state index < -0.39 is 0 Å². The second-order valence-electron chi connectivity index (χ2n) is 2.51. The number of hydrogen-bond acceptors (Lipinski definition) is 0. The van der Waals surface area contributed by atoms with Gasteiger partial charge in [0.15, 0.2) is 0 Å². The summed E-state index contributed by atoms with van der Waals surface area (Å²) in [5.74, 6) is 0.731. The molecule has 0 nitrogen and oxygen atoms in total. The standard InChI is InChI=1S/C8H16.H3P/c1-5-6-8(4)7(2)3;/h6-7H,5H2,1-4H3;1H3/b8-6+;. The lowest BCUT2D eigenvalue weighted by Crippen LogP contribution is -1.86. The fourth-order valence-corrected chi connectivity index (χ4v) is 0.558. The molecule has 0 radical (unpaired) electrons. The highest BCUT2D eigenvalue weighted by molar-refractivity contribution is 6.92. The van der Waals surface area contributed by atoms with Crippen molar-refractivity contribution in [3.05, 3.63) is 11.6 Å². The van der Waals surface area contributed by atoms with Crippen LogP contribution in [0.5, 0.6) is 0 Å². The van der Waals surface area contributed by atoms with Crippen LogP contribution in [0.25, 0.3) is 0 Å². The first-order valence-electron chi connectivity index (χ1n) is 3.35. The molecule has 9 heavy (non-hydrogen) atoms. The summed E-state index contributed by atoms with van der Waals surface area (Å²) in [6.07, 6.45) is 3.45. The van der Waals surface area contributed by atoms with Crippen molar-refractivity contribution in [3.63, 3.8) is 0 Å². The molecule has 0 aromatic rings. The van der Waals surface area contributed by atoms with E-state index >= 15 is 0 Å². The summed E-state index contributed by atoms with van der Waals surface area (Å²) in [6.45, 7) is 8.81. The summed E-state index contributed by atoms with van der Waals surface area (Å²) < 4.78 is 0. The van der Waals surface area contributed by atoms with Crippen LogP contribution in [0, 0.1) is 5.92 Å². The Hall–Kier alpha value is 0.170. The monoisotopic (exact) mass is 146 g/mol. The predicted molar refractivity (Wildman–Crippen MR) is 50.0 cm³/mol. The number of hydrogen-bond donors (Lipinski definition) is 0. The molecule has 0 aromatic heterocycles. The van der Waals surface area contributed by atoms with Crippen LogP contribution in [-0.4, -0.2) is 0 Å². The first-order valence-corrected chi connectivity index (χ1v) is 3.35. The fraction of sp³-hybridized carbons (Fsp3) is 0.750. The van der Waals surface area contributed by atoms with Crippen LogP contribution >= 0.6 is 9.90 Å². The largest absolute Gasteiger partial charge is 0.153 e. The molecule has 0 spiro atoms. The minimum atomic E-state index is 0. The van der Waals surface area contributed by atoms with Crippen LogP contribution in [0.2, 0.25) is 0 Å². The van der Waals surface area contributed by atoms with Crippen molar-refractivity contribution in [2.24, 2.45) is 5.92 Å². The fourth-order valence-electron chi connectivity index (χ4n) is 0.558. The summed E-state index contributed by atoms with van der Waals surface area (Å²) in [6, 6.07) is 0. The molecular weight excluding hydrogens is 127 g/mol. The third kappa shape index (κ3) is 6.05. The molecule has 0 fully saturated rings. The Labute approximate surface area is 62.4 Å². The maximum atomic E-state index is 2.28. The van der Waals surface area contributed by atoms with E-state index in [1.54, 1.807) is 0 Å². The lowest BCUT2D eigenvalue weighted by atomic mass is 10.0. The van der Waals surface area contributed by atoms with Gasteiger partial charge in [-0.25, -0.2) is 0 Å². The summed E-state index contributed by atoms with van der Waals surface area (Å²) in [5.41, 5.74) is 1.51. The third-order valence-electron chi connectivity index (χ3n) is 1.44. The van der Waals surface area contributed by atoms with E-state index in [9.17, 15) is 0 Å². The molecule has 1 atom stereocenters. The molecule has 1 unspecified atom stereocenters. The van der Waals surface area contributed by atoms with Crippen LogP contribution in [0.1, 0.15) is 34.1 Å². The number of allylic oxidation sites excluding steroid dienone is 2. The Morgan fingerprint density at radius 1 is 1.44 bits per heavy atom. The van der Waals surface area contributed by atoms with Crippen molar-refractivity contribution in [2.45, 2.75) is 34.1 Å². The summed E-state index contributed by atoms with van der Waals surface area (Å²) in [5, 5.41) is 0. The van der Waals surface area contributed by atoms with E-state index in [1.165, 1.54) is 12.0 Å². The second kappa shape index (κ2) is 6.29. The average molecular weight is 146 g/mol. The Bertz CT molecular complexity index is 82.6. The van der Waals surface area contributed by atoms with Crippen molar-refractivity contribution in [1.82, 2.24) is 0 Å². The normalized spacial score (nSPS) is 11.4. The van der Waals surface area contributed by atoms with E-state index in [0.29, 0.717) is 0 Å². The molecule has 1 heteroatoms. The molecule has 0 saturated heterocycles. The van der Waals surface area contributed by atoms with Gasteiger partial charge in [0.2, 0.25) is 0 Å². The zero-order valence-corrected chi connectivity index (χ0v) is 8.48. The average Bonchev–Trinajstić information content (AvgIpc) is 1.67. The van der Waals surface area contributed by atoms with E-state index in [-0.39, 0.29) is 9.90 Å². The van der Waals surface area contributed by atoms with Gasteiger partial charge < -0.3 is 0 Å². The first-order chi connectivity index (χ1) is 3.68. The summed E-state index contributed by atoms with van der Waals surface area (Å²) in [7, 11) is 0. The Morgan fingerprint density at radius 2 is 1.89 bits per heavy atom. The van der Waals surface area contributed by atoms with Crippen molar-refractivity contribution in [1.29, 1.82) is 0 Å². The van der Waals surface area contributed by atoms with Crippen molar-refractivity contribution in [2.75, 3.05) is 0 Å². The summed E-state index contributed by atoms with van der Waals surface area (Å²) in [4.78, 5) is 0. The van der Waals surface area contributed by atoms with Gasteiger partial charge in [0.25, 0.3) is 0 Å². The van der Waals surface area contributed by atoms with Crippen molar-refractivity contribution < 1.29 is 0 Å². The highest BCUT2D eigenvalue weighted by Crippen LogP contribution is 2.07. The van der Waals surface area contributed by atoms with E-state index in [0.717, 1.165) is 5.92 Å². The van der Waals surface area contributed by atoms with Gasteiger partial charge in [0.1, 0.15) is 0 Å². The molecule has 0 amide bonds. The molecule has 0 rings (SSSR count). The molecule has 0 heterocycles. The van der Waals surface area contributed by atoms with Gasteiger partial charge in [-0.3, -0.25) is 0 Å². The molecule has 0 N–H and O–H groups in total. The molecule has 0 aliphatic rings. The maximum Gasteiger partial charge on any atom is -0.0263 e. The lowest BCUT2D eigenvalue weighted by molar-refractivity contribution is 0.763. The lowest BCUT2D eigenvalue weighted by Gasteiger charge is -2.01. The predicted octanol–water partition coefficient (Wildman–Crippen LogP) is 3.06. The van der Waals surface area contributed by atoms with E-state index in [1.807, 2.05) is 0 Å². The number of rotatable bonds is 2. The zero-order chi connectivity index (χ0) is 6.57. The quantitative estimate of drug-likeness (QED) is 0.415. The zero-order valence-electron chi connectivity index (χ0n) is 7.07. The molecule has 56 valence electrons. The molecule has 0 saturated carbocycles. The van der Waals surface area contributed by atoms with Crippen LogP contribution in [0.4, 0.5) is 0 Å². The van der Waals surface area contributed by atoms with Gasteiger partial charge in [-0.2, -0.15) is 9.90 Å². The van der Waals surface area contributed by atoms with Crippen molar-refractivity contribution in [3.8, 4) is 0 Å². The first kappa shape index (κ1) is 11.9. The van der Waals surface area contributed by atoms with Crippen molar-refractivity contribution >= 4 is 9.90 Å². The van der Waals surface area contributed by atoms with Crippen LogP contribution < -0.4 is 0 Å². The van der Waals surface area contributed by atoms with Crippen LogP contribution in [0.3, 0.4) is 0 Å². The Balaban J connectivity index is 0. The van der Waals surface area contributed by atoms with Gasteiger partial charge in [-0.1, -0.05) is 32.4 Å². The third-order valence-corrected chi connectivity index (χ3v) is 1.44.